The van der Waals surface area contributed by atoms with Crippen molar-refractivity contribution in [2.24, 2.45) is 11.8 Å². The summed E-state index contributed by atoms with van der Waals surface area (Å²) in [5.74, 6) is 0.152. The molecule has 3 N–H and O–H groups in total. The third-order valence-electron chi connectivity index (χ3n) is 3.90. The maximum absolute atomic E-state index is 12.6. The van der Waals surface area contributed by atoms with Crippen molar-refractivity contribution in [1.29, 1.82) is 0 Å². The van der Waals surface area contributed by atoms with E-state index in [1.165, 1.54) is 31.7 Å². The lowest BCUT2D eigenvalue weighted by molar-refractivity contribution is -0.144. The first-order chi connectivity index (χ1) is 9.84. The fraction of sp³-hybridized carbons (Fsp3) is 0.714. The van der Waals surface area contributed by atoms with Crippen LogP contribution in [-0.2, 0) is 6.18 Å². The van der Waals surface area contributed by atoms with E-state index in [2.05, 4.69) is 22.2 Å². The Morgan fingerprint density at radius 3 is 2.76 bits per heavy atom. The summed E-state index contributed by atoms with van der Waals surface area (Å²) in [6, 6.07) is 1.33. The van der Waals surface area contributed by atoms with Crippen LogP contribution in [-0.4, -0.2) is 16.5 Å². The van der Waals surface area contributed by atoms with E-state index in [0.717, 1.165) is 12.3 Å². The summed E-state index contributed by atoms with van der Waals surface area (Å²) in [4.78, 5) is 6.69. The van der Waals surface area contributed by atoms with Crippen LogP contribution >= 0.6 is 0 Å². The van der Waals surface area contributed by atoms with E-state index in [9.17, 15) is 13.2 Å². The van der Waals surface area contributed by atoms with Gasteiger partial charge in [-0.15, -0.1) is 0 Å². The molecule has 0 aliphatic heterocycles. The van der Waals surface area contributed by atoms with Crippen molar-refractivity contribution in [3.05, 3.63) is 11.9 Å². The molecular weight excluding hydrogens is 281 g/mol. The fourth-order valence-corrected chi connectivity index (χ4v) is 2.91. The molecule has 0 saturated heterocycles. The van der Waals surface area contributed by atoms with Gasteiger partial charge in [-0.25, -0.2) is 9.97 Å². The number of aromatic nitrogens is 2. The van der Waals surface area contributed by atoms with Gasteiger partial charge in [-0.3, -0.25) is 0 Å². The van der Waals surface area contributed by atoms with E-state index in [1.54, 1.807) is 0 Å². The van der Waals surface area contributed by atoms with Crippen LogP contribution < -0.4 is 11.1 Å². The quantitative estimate of drug-likeness (QED) is 0.890. The second-order valence-electron chi connectivity index (χ2n) is 5.85. The average molecular weight is 302 g/mol. The summed E-state index contributed by atoms with van der Waals surface area (Å²) >= 11 is 0. The highest BCUT2D eigenvalue weighted by Crippen LogP contribution is 2.31. The molecule has 1 fully saturated rings. The molecule has 2 rings (SSSR count). The molecule has 0 radical (unpaired) electrons. The molecule has 118 valence electrons. The van der Waals surface area contributed by atoms with Crippen molar-refractivity contribution in [2.45, 2.75) is 45.2 Å². The second kappa shape index (κ2) is 6.49. The first-order valence-corrected chi connectivity index (χ1v) is 7.30. The minimum Gasteiger partial charge on any atom is -0.384 e. The number of rotatable bonds is 4. The average Bonchev–Trinajstić information content (AvgIpc) is 2.37. The number of nitrogens with two attached hydrogens (primary N) is 1. The second-order valence-corrected chi connectivity index (χ2v) is 5.85. The summed E-state index contributed by atoms with van der Waals surface area (Å²) in [6.07, 6.45) is 1.28. The molecule has 1 saturated carbocycles. The minimum atomic E-state index is -4.58. The predicted octanol–water partition coefficient (Wildman–Crippen LogP) is 3.71. The van der Waals surface area contributed by atoms with Crippen LogP contribution in [0.3, 0.4) is 0 Å². The zero-order valence-electron chi connectivity index (χ0n) is 12.1. The van der Waals surface area contributed by atoms with Gasteiger partial charge in [0.15, 0.2) is 0 Å². The van der Waals surface area contributed by atoms with Gasteiger partial charge >= 0.3 is 6.18 Å². The van der Waals surface area contributed by atoms with E-state index in [-0.39, 0.29) is 11.6 Å². The summed E-state index contributed by atoms with van der Waals surface area (Å²) in [5, 5.41) is 2.93. The van der Waals surface area contributed by atoms with Crippen molar-refractivity contribution in [2.75, 3.05) is 17.6 Å². The highest BCUT2D eigenvalue weighted by molar-refractivity contribution is 5.44. The molecule has 0 spiro atoms. The molecular formula is C14H21F3N4. The highest BCUT2D eigenvalue weighted by atomic mass is 19.4. The third kappa shape index (κ3) is 4.75. The molecule has 0 amide bonds. The third-order valence-corrected chi connectivity index (χ3v) is 3.90. The van der Waals surface area contributed by atoms with Crippen LogP contribution in [0.1, 0.15) is 44.9 Å². The number of nitrogens with zero attached hydrogens (tertiary/aromatic N) is 2. The maximum Gasteiger partial charge on any atom is 0.451 e. The number of hydrogen-bond acceptors (Lipinski definition) is 4. The lowest BCUT2D eigenvalue weighted by Crippen LogP contribution is -2.18. The van der Waals surface area contributed by atoms with Crippen molar-refractivity contribution >= 4 is 11.6 Å². The lowest BCUT2D eigenvalue weighted by atomic mass is 9.81. The monoisotopic (exact) mass is 302 g/mol. The summed E-state index contributed by atoms with van der Waals surface area (Å²) < 4.78 is 37.8. The first-order valence-electron chi connectivity index (χ1n) is 7.30. The SMILES string of the molecule is CC1CCCC(CCNc2cc(N)nc(C(F)(F)F)n2)C1. The molecule has 0 aromatic carbocycles. The number of nitrogens with one attached hydrogen (secondary N) is 1. The number of alkyl halides is 3. The molecule has 4 nitrogen and oxygen atoms in total. The topological polar surface area (TPSA) is 63.8 Å². The standard InChI is InChI=1S/C14H21F3N4/c1-9-3-2-4-10(7-9)5-6-19-12-8-11(18)20-13(21-12)14(15,16)17/h8-10H,2-7H2,1H3,(H3,18,19,20,21). The van der Waals surface area contributed by atoms with Crippen LogP contribution in [0.2, 0.25) is 0 Å². The number of anilines is 2. The van der Waals surface area contributed by atoms with Gasteiger partial charge in [0, 0.05) is 12.6 Å². The van der Waals surface area contributed by atoms with Crippen LogP contribution in [0.15, 0.2) is 6.07 Å². The largest absolute Gasteiger partial charge is 0.451 e. The molecule has 1 aromatic rings. The molecule has 1 aliphatic carbocycles. The lowest BCUT2D eigenvalue weighted by Gasteiger charge is -2.26. The number of nitrogen functional groups attached to an aromatic ring is 1. The molecule has 0 bridgehead atoms. The van der Waals surface area contributed by atoms with Crippen molar-refractivity contribution in [3.63, 3.8) is 0 Å². The molecule has 21 heavy (non-hydrogen) atoms. The van der Waals surface area contributed by atoms with Gasteiger partial charge in [-0.2, -0.15) is 13.2 Å². The van der Waals surface area contributed by atoms with Crippen molar-refractivity contribution < 1.29 is 13.2 Å². The van der Waals surface area contributed by atoms with Crippen molar-refractivity contribution in [1.82, 2.24) is 9.97 Å². The summed E-state index contributed by atoms with van der Waals surface area (Å²) in [5.41, 5.74) is 5.40. The minimum absolute atomic E-state index is 0.138. The Labute approximate surface area is 122 Å². The first kappa shape index (κ1) is 15.9. The van der Waals surface area contributed by atoms with Crippen LogP contribution in [0, 0.1) is 11.8 Å². The molecule has 1 heterocycles. The molecule has 7 heteroatoms. The Morgan fingerprint density at radius 2 is 2.10 bits per heavy atom. The van der Waals surface area contributed by atoms with Gasteiger partial charge in [0.25, 0.3) is 0 Å². The van der Waals surface area contributed by atoms with Gasteiger partial charge < -0.3 is 11.1 Å². The Balaban J connectivity index is 1.89. The molecule has 1 aromatic heterocycles. The number of hydrogen-bond donors (Lipinski definition) is 2. The zero-order valence-corrected chi connectivity index (χ0v) is 12.1. The highest BCUT2D eigenvalue weighted by Gasteiger charge is 2.35. The fourth-order valence-electron chi connectivity index (χ4n) is 2.91. The predicted molar refractivity (Wildman–Crippen MR) is 75.7 cm³/mol. The van der Waals surface area contributed by atoms with Gasteiger partial charge in [-0.1, -0.05) is 26.2 Å². The Morgan fingerprint density at radius 1 is 1.33 bits per heavy atom. The van der Waals surface area contributed by atoms with Gasteiger partial charge in [0.2, 0.25) is 5.82 Å². The van der Waals surface area contributed by atoms with Gasteiger partial charge in [-0.05, 0) is 24.7 Å². The summed E-state index contributed by atoms with van der Waals surface area (Å²) in [7, 11) is 0. The van der Waals surface area contributed by atoms with E-state index in [0.29, 0.717) is 12.5 Å². The molecule has 1 aliphatic rings. The van der Waals surface area contributed by atoms with Crippen molar-refractivity contribution in [3.8, 4) is 0 Å². The zero-order chi connectivity index (χ0) is 15.5. The van der Waals surface area contributed by atoms with Crippen LogP contribution in [0.4, 0.5) is 24.8 Å². The Kier molecular flexibility index (Phi) is 4.90. The molecule has 2 atom stereocenters. The van der Waals surface area contributed by atoms with Crippen LogP contribution in [0.25, 0.3) is 0 Å². The Bertz CT molecular complexity index is 476. The van der Waals surface area contributed by atoms with Gasteiger partial charge in [0.05, 0.1) is 0 Å². The van der Waals surface area contributed by atoms with Gasteiger partial charge in [0.1, 0.15) is 11.6 Å². The smallest absolute Gasteiger partial charge is 0.384 e. The maximum atomic E-state index is 12.6. The number of halogens is 3. The molecule has 2 unspecified atom stereocenters. The summed E-state index contributed by atoms with van der Waals surface area (Å²) in [6.45, 7) is 2.85. The van der Waals surface area contributed by atoms with E-state index < -0.39 is 12.0 Å². The Hall–Kier alpha value is -1.53. The normalized spacial score (nSPS) is 23.0. The van der Waals surface area contributed by atoms with E-state index in [4.69, 9.17) is 5.73 Å². The van der Waals surface area contributed by atoms with Crippen LogP contribution in [0.5, 0.6) is 0 Å². The van der Waals surface area contributed by atoms with E-state index in [1.807, 2.05) is 0 Å². The van der Waals surface area contributed by atoms with E-state index >= 15 is 0 Å².